The second-order valence-corrected chi connectivity index (χ2v) is 7.29. The van der Waals surface area contributed by atoms with E-state index in [1.165, 1.54) is 31.2 Å². The van der Waals surface area contributed by atoms with Gasteiger partial charge in [-0.25, -0.2) is 4.98 Å². The monoisotopic (exact) mass is 376 g/mol. The molecular formula is C25H32N2O. The van der Waals surface area contributed by atoms with Crippen molar-refractivity contribution in [3.05, 3.63) is 61.2 Å². The molecule has 1 aromatic heterocycles. The maximum Gasteiger partial charge on any atom is 0.141 e. The number of rotatable bonds is 12. The number of ether oxygens (including phenoxy) is 1. The molecule has 3 aromatic rings. The Balaban J connectivity index is 1.73. The summed E-state index contributed by atoms with van der Waals surface area (Å²) in [6.45, 7) is 7.77. The lowest BCUT2D eigenvalue weighted by atomic mass is 10.2. The fourth-order valence-corrected chi connectivity index (χ4v) is 3.50. The Morgan fingerprint density at radius 3 is 2.57 bits per heavy atom. The molecule has 0 aliphatic rings. The zero-order valence-corrected chi connectivity index (χ0v) is 17.1. The van der Waals surface area contributed by atoms with E-state index in [0.717, 1.165) is 55.1 Å². The van der Waals surface area contributed by atoms with Crippen molar-refractivity contribution in [2.24, 2.45) is 0 Å². The van der Waals surface area contributed by atoms with E-state index in [1.807, 2.05) is 6.08 Å². The van der Waals surface area contributed by atoms with Crippen LogP contribution < -0.4 is 4.74 Å². The van der Waals surface area contributed by atoms with E-state index in [1.54, 1.807) is 0 Å². The largest absolute Gasteiger partial charge is 0.494 e. The topological polar surface area (TPSA) is 27.1 Å². The Labute approximate surface area is 169 Å². The summed E-state index contributed by atoms with van der Waals surface area (Å²) >= 11 is 0. The SMILES string of the molecule is C=CCCCCOc1ccc(-c2nc3ccccc3n2CCCCCC)cc1. The van der Waals surface area contributed by atoms with Crippen molar-refractivity contribution < 1.29 is 4.74 Å². The molecule has 2 aromatic carbocycles. The van der Waals surface area contributed by atoms with Gasteiger partial charge >= 0.3 is 0 Å². The van der Waals surface area contributed by atoms with Crippen LogP contribution in [0.4, 0.5) is 0 Å². The zero-order chi connectivity index (χ0) is 19.6. The Morgan fingerprint density at radius 1 is 0.964 bits per heavy atom. The van der Waals surface area contributed by atoms with Gasteiger partial charge in [-0.05, 0) is 62.1 Å². The number of nitrogens with zero attached hydrogens (tertiary/aromatic N) is 2. The third-order valence-corrected chi connectivity index (χ3v) is 5.07. The van der Waals surface area contributed by atoms with Gasteiger partial charge < -0.3 is 9.30 Å². The van der Waals surface area contributed by atoms with Crippen molar-refractivity contribution in [1.82, 2.24) is 9.55 Å². The lowest BCUT2D eigenvalue weighted by Gasteiger charge is -2.10. The van der Waals surface area contributed by atoms with Gasteiger partial charge in [0.2, 0.25) is 0 Å². The number of aryl methyl sites for hydroxylation is 1. The first-order valence-electron chi connectivity index (χ1n) is 10.6. The average molecular weight is 377 g/mol. The number of imidazole rings is 1. The number of unbranched alkanes of at least 4 members (excludes halogenated alkanes) is 5. The molecule has 0 radical (unpaired) electrons. The van der Waals surface area contributed by atoms with Gasteiger partial charge in [-0.2, -0.15) is 0 Å². The Bertz CT molecular complexity index is 864. The molecule has 3 nitrogen and oxygen atoms in total. The van der Waals surface area contributed by atoms with Crippen molar-refractivity contribution in [2.45, 2.75) is 58.4 Å². The van der Waals surface area contributed by atoms with E-state index in [4.69, 9.17) is 9.72 Å². The zero-order valence-electron chi connectivity index (χ0n) is 17.1. The summed E-state index contributed by atoms with van der Waals surface area (Å²) in [4.78, 5) is 4.92. The van der Waals surface area contributed by atoms with Crippen molar-refractivity contribution in [3.63, 3.8) is 0 Å². The van der Waals surface area contributed by atoms with Crippen molar-refractivity contribution in [3.8, 4) is 17.1 Å². The fraction of sp³-hybridized carbons (Fsp3) is 0.400. The van der Waals surface area contributed by atoms with E-state index in [0.29, 0.717) is 0 Å². The van der Waals surface area contributed by atoms with E-state index < -0.39 is 0 Å². The molecule has 1 heterocycles. The Hall–Kier alpha value is -2.55. The molecule has 0 fully saturated rings. The van der Waals surface area contributed by atoms with Crippen LogP contribution in [0.3, 0.4) is 0 Å². The summed E-state index contributed by atoms with van der Waals surface area (Å²) in [5.41, 5.74) is 3.43. The van der Waals surface area contributed by atoms with Crippen molar-refractivity contribution in [2.75, 3.05) is 6.61 Å². The molecule has 0 N–H and O–H groups in total. The van der Waals surface area contributed by atoms with Crippen LogP contribution >= 0.6 is 0 Å². The minimum absolute atomic E-state index is 0.753. The Kier molecular flexibility index (Phi) is 7.71. The molecule has 3 heteroatoms. The summed E-state index contributed by atoms with van der Waals surface area (Å²) in [6, 6.07) is 16.8. The first-order chi connectivity index (χ1) is 13.8. The van der Waals surface area contributed by atoms with Crippen LogP contribution in [-0.4, -0.2) is 16.2 Å². The van der Waals surface area contributed by atoms with Crippen molar-refractivity contribution >= 4 is 11.0 Å². The van der Waals surface area contributed by atoms with Crippen LogP contribution in [-0.2, 0) is 6.54 Å². The van der Waals surface area contributed by atoms with E-state index in [2.05, 4.69) is 66.6 Å². The number of allylic oxidation sites excluding steroid dienone is 1. The molecular weight excluding hydrogens is 344 g/mol. The number of hydrogen-bond donors (Lipinski definition) is 0. The van der Waals surface area contributed by atoms with Gasteiger partial charge in [0.15, 0.2) is 0 Å². The molecule has 0 saturated heterocycles. The molecule has 0 spiro atoms. The van der Waals surface area contributed by atoms with Gasteiger partial charge in [-0.1, -0.05) is 44.4 Å². The summed E-state index contributed by atoms with van der Waals surface area (Å²) in [5, 5.41) is 0. The third-order valence-electron chi connectivity index (χ3n) is 5.07. The van der Waals surface area contributed by atoms with Crippen LogP contribution in [0.2, 0.25) is 0 Å². The number of para-hydroxylation sites is 2. The van der Waals surface area contributed by atoms with Gasteiger partial charge in [0, 0.05) is 12.1 Å². The van der Waals surface area contributed by atoms with Crippen LogP contribution in [0.15, 0.2) is 61.2 Å². The first kappa shape index (κ1) is 20.2. The lowest BCUT2D eigenvalue weighted by Crippen LogP contribution is -2.01. The predicted octanol–water partition coefficient (Wildman–Crippen LogP) is 7.02. The van der Waals surface area contributed by atoms with Crippen LogP contribution in [0.5, 0.6) is 5.75 Å². The van der Waals surface area contributed by atoms with Gasteiger partial charge in [-0.3, -0.25) is 0 Å². The first-order valence-corrected chi connectivity index (χ1v) is 10.6. The number of benzene rings is 2. The molecule has 0 saturated carbocycles. The van der Waals surface area contributed by atoms with Crippen LogP contribution in [0.1, 0.15) is 51.9 Å². The number of aromatic nitrogens is 2. The summed E-state index contributed by atoms with van der Waals surface area (Å²) < 4.78 is 8.23. The summed E-state index contributed by atoms with van der Waals surface area (Å²) in [5.74, 6) is 1.98. The second kappa shape index (κ2) is 10.7. The molecule has 3 rings (SSSR count). The third kappa shape index (κ3) is 5.25. The fourth-order valence-electron chi connectivity index (χ4n) is 3.50. The smallest absolute Gasteiger partial charge is 0.141 e. The van der Waals surface area contributed by atoms with Crippen molar-refractivity contribution in [1.29, 1.82) is 0 Å². The highest BCUT2D eigenvalue weighted by Crippen LogP contribution is 2.27. The predicted molar refractivity (Wildman–Crippen MR) is 119 cm³/mol. The Morgan fingerprint density at radius 2 is 1.79 bits per heavy atom. The molecule has 0 aliphatic heterocycles. The van der Waals surface area contributed by atoms with E-state index in [9.17, 15) is 0 Å². The van der Waals surface area contributed by atoms with Gasteiger partial charge in [0.1, 0.15) is 11.6 Å². The van der Waals surface area contributed by atoms with Crippen LogP contribution in [0, 0.1) is 0 Å². The molecule has 0 atom stereocenters. The molecule has 0 amide bonds. The minimum Gasteiger partial charge on any atom is -0.494 e. The molecule has 0 aliphatic carbocycles. The highest BCUT2D eigenvalue weighted by molar-refractivity contribution is 5.80. The van der Waals surface area contributed by atoms with Gasteiger partial charge in [-0.15, -0.1) is 6.58 Å². The van der Waals surface area contributed by atoms with Crippen LogP contribution in [0.25, 0.3) is 22.4 Å². The summed E-state index contributed by atoms with van der Waals surface area (Å²) in [6.07, 6.45) is 10.2. The van der Waals surface area contributed by atoms with Gasteiger partial charge in [0.05, 0.1) is 17.6 Å². The maximum absolute atomic E-state index is 5.86. The number of hydrogen-bond acceptors (Lipinski definition) is 2. The minimum atomic E-state index is 0.753. The summed E-state index contributed by atoms with van der Waals surface area (Å²) in [7, 11) is 0. The highest BCUT2D eigenvalue weighted by Gasteiger charge is 2.12. The molecule has 0 bridgehead atoms. The molecule has 28 heavy (non-hydrogen) atoms. The quantitative estimate of drug-likeness (QED) is 0.251. The van der Waals surface area contributed by atoms with E-state index >= 15 is 0 Å². The lowest BCUT2D eigenvalue weighted by molar-refractivity contribution is 0.307. The number of fused-ring (bicyclic) bond motifs is 1. The normalized spacial score (nSPS) is 11.0. The second-order valence-electron chi connectivity index (χ2n) is 7.29. The standard InChI is InChI=1S/C25H32N2O/c1-3-5-7-11-19-27-24-14-10-9-13-23(24)26-25(27)21-15-17-22(18-16-21)28-20-12-8-6-4-2/h4,9-10,13-18H,2-3,5-8,11-12,19-20H2,1H3. The van der Waals surface area contributed by atoms with Gasteiger partial charge in [0.25, 0.3) is 0 Å². The molecule has 0 unspecified atom stereocenters. The highest BCUT2D eigenvalue weighted by atomic mass is 16.5. The molecule has 148 valence electrons. The van der Waals surface area contributed by atoms with E-state index in [-0.39, 0.29) is 0 Å². The average Bonchev–Trinajstić information content (AvgIpc) is 3.10. The maximum atomic E-state index is 5.86.